The number of benzene rings is 2. The number of rotatable bonds is 5. The number of carbonyl (C=O) groups excluding carboxylic acids is 1. The Balaban J connectivity index is 0.00000261. The molecule has 2 aromatic carbocycles. The number of hydrogen-bond donors (Lipinski definition) is 1. The van der Waals surface area contributed by atoms with Crippen molar-refractivity contribution in [2.45, 2.75) is 6.54 Å². The van der Waals surface area contributed by atoms with Crippen molar-refractivity contribution >= 4 is 44.8 Å². The first-order valence-corrected chi connectivity index (χ1v) is 9.78. The lowest BCUT2D eigenvalue weighted by Gasteiger charge is -2.07. The molecular weight excluding hydrogens is 514 g/mol. The van der Waals surface area contributed by atoms with E-state index >= 15 is 0 Å². The summed E-state index contributed by atoms with van der Waals surface area (Å²) in [6.07, 6.45) is 1.79. The summed E-state index contributed by atoms with van der Waals surface area (Å²) in [6.45, 7) is 4.38. The van der Waals surface area contributed by atoms with Crippen molar-refractivity contribution < 1.29 is 21.8 Å². The highest BCUT2D eigenvalue weighted by Crippen LogP contribution is 2.22. The van der Waals surface area contributed by atoms with Crippen LogP contribution in [0.1, 0.15) is 10.4 Å². The van der Waals surface area contributed by atoms with E-state index < -0.39 is 0 Å². The van der Waals surface area contributed by atoms with Gasteiger partial charge in [-0.15, -0.1) is 23.0 Å². The van der Waals surface area contributed by atoms with Crippen LogP contribution in [0.4, 0.5) is 0 Å². The predicted octanol–water partition coefficient (Wildman–Crippen LogP) is 2.07. The molecule has 0 unspecified atom stereocenters. The number of halogens is 3. The number of carbonyl (C=O) groups is 1. The van der Waals surface area contributed by atoms with Gasteiger partial charge < -0.3 is 21.5 Å². The molecular formula is C19H15Br2ClN3OS-. The second-order valence-electron chi connectivity index (χ2n) is 5.37. The van der Waals surface area contributed by atoms with Crippen molar-refractivity contribution in [2.24, 2.45) is 5.10 Å². The Morgan fingerprint density at radius 1 is 1.22 bits per heavy atom. The van der Waals surface area contributed by atoms with Gasteiger partial charge in [-0.05, 0) is 42.0 Å². The number of nitrogens with zero attached hydrogens (tertiary/aromatic N) is 2. The van der Waals surface area contributed by atoms with Crippen molar-refractivity contribution in [3.63, 3.8) is 0 Å². The van der Waals surface area contributed by atoms with E-state index in [-0.39, 0.29) is 22.9 Å². The Hall–Kier alpha value is -1.67. The van der Waals surface area contributed by atoms with Gasteiger partial charge in [0.15, 0.2) is 0 Å². The highest BCUT2D eigenvalue weighted by atomic mass is 79.9. The molecule has 8 heteroatoms. The van der Waals surface area contributed by atoms with Gasteiger partial charge in [-0.3, -0.25) is 4.79 Å². The molecule has 1 heterocycles. The van der Waals surface area contributed by atoms with Crippen molar-refractivity contribution in [1.29, 1.82) is 0 Å². The summed E-state index contributed by atoms with van der Waals surface area (Å²) in [6, 6.07) is 14.7. The molecule has 4 nitrogen and oxygen atoms in total. The number of thiazole rings is 1. The summed E-state index contributed by atoms with van der Waals surface area (Å²) >= 11 is 10.8. The van der Waals surface area contributed by atoms with E-state index in [9.17, 15) is 4.79 Å². The molecule has 0 radical (unpaired) electrons. The molecule has 3 rings (SSSR count). The molecule has 27 heavy (non-hydrogen) atoms. The Bertz CT molecular complexity index is 995. The van der Waals surface area contributed by atoms with E-state index in [0.29, 0.717) is 21.9 Å². The summed E-state index contributed by atoms with van der Waals surface area (Å²) in [4.78, 5) is 12.9. The number of hydrogen-bond acceptors (Lipinski definition) is 3. The van der Waals surface area contributed by atoms with E-state index in [1.807, 2.05) is 46.3 Å². The molecule has 0 fully saturated rings. The lowest BCUT2D eigenvalue weighted by atomic mass is 10.2. The Morgan fingerprint density at radius 2 is 1.89 bits per heavy atom. The monoisotopic (exact) mass is 526 g/mol. The molecule has 0 aliphatic heterocycles. The molecule has 3 aromatic rings. The highest BCUT2D eigenvalue weighted by molar-refractivity contribution is 9.10. The molecule has 0 aliphatic rings. The van der Waals surface area contributed by atoms with Crippen LogP contribution < -0.4 is 27.2 Å². The fourth-order valence-corrected chi connectivity index (χ4v) is 3.61. The van der Waals surface area contributed by atoms with E-state index in [2.05, 4.69) is 33.0 Å². The first-order chi connectivity index (χ1) is 12.6. The van der Waals surface area contributed by atoms with Crippen LogP contribution in [0.5, 0.6) is 0 Å². The molecule has 1 amide bonds. The fourth-order valence-electron chi connectivity index (χ4n) is 2.34. The van der Waals surface area contributed by atoms with Gasteiger partial charge in [0.2, 0.25) is 4.80 Å². The Labute approximate surface area is 185 Å². The number of allylic oxidation sites excluding steroid dienone is 1. The topological polar surface area (TPSA) is 46.4 Å². The van der Waals surface area contributed by atoms with Crippen LogP contribution in [0.3, 0.4) is 0 Å². The molecule has 1 N–H and O–H groups in total. The van der Waals surface area contributed by atoms with Crippen molar-refractivity contribution in [2.75, 3.05) is 0 Å². The first kappa shape index (κ1) is 21.6. The average Bonchev–Trinajstić information content (AvgIpc) is 3.04. The summed E-state index contributed by atoms with van der Waals surface area (Å²) in [5.74, 6) is -0.260. The maximum atomic E-state index is 12.3. The van der Waals surface area contributed by atoms with E-state index in [0.717, 1.165) is 15.7 Å². The molecule has 0 bridgehead atoms. The van der Waals surface area contributed by atoms with Crippen LogP contribution in [0.15, 0.2) is 76.1 Å². The van der Waals surface area contributed by atoms with Gasteiger partial charge >= 0.3 is 0 Å². The molecule has 0 spiro atoms. The van der Waals surface area contributed by atoms with Gasteiger partial charge in [0.1, 0.15) is 0 Å². The van der Waals surface area contributed by atoms with Gasteiger partial charge in [-0.2, -0.15) is 0 Å². The third kappa shape index (κ3) is 5.42. The maximum absolute atomic E-state index is 12.3. The molecule has 0 aliphatic carbocycles. The third-order valence-electron chi connectivity index (χ3n) is 3.61. The van der Waals surface area contributed by atoms with Gasteiger partial charge in [0, 0.05) is 27.0 Å². The molecule has 140 valence electrons. The third-order valence-corrected chi connectivity index (χ3v) is 5.25. The molecule has 0 atom stereocenters. The zero-order valence-corrected chi connectivity index (χ0v) is 18.8. The minimum Gasteiger partial charge on any atom is -1.00 e. The fraction of sp³-hybridized carbons (Fsp3) is 0.0526. The van der Waals surface area contributed by atoms with Crippen LogP contribution >= 0.6 is 38.9 Å². The summed E-state index contributed by atoms with van der Waals surface area (Å²) in [5, 5.41) is 6.97. The first-order valence-electron chi connectivity index (χ1n) is 7.73. The number of amides is 1. The number of aromatic nitrogens is 1. The molecule has 1 aromatic heterocycles. The Morgan fingerprint density at radius 3 is 2.52 bits per heavy atom. The summed E-state index contributed by atoms with van der Waals surface area (Å²) in [7, 11) is 0. The molecule has 0 saturated heterocycles. The lowest BCUT2D eigenvalue weighted by molar-refractivity contribution is -0.0000132. The summed E-state index contributed by atoms with van der Waals surface area (Å²) < 4.78 is 2.91. The van der Waals surface area contributed by atoms with Crippen LogP contribution in [-0.2, 0) is 6.54 Å². The molecule has 0 saturated carbocycles. The predicted molar refractivity (Wildman–Crippen MR) is 110 cm³/mol. The van der Waals surface area contributed by atoms with Crippen LogP contribution in [0, 0.1) is 0 Å². The maximum Gasteiger partial charge on any atom is 0.271 e. The quantitative estimate of drug-likeness (QED) is 0.400. The van der Waals surface area contributed by atoms with Gasteiger partial charge in [-0.25, -0.2) is 5.43 Å². The van der Waals surface area contributed by atoms with Crippen molar-refractivity contribution in [1.82, 2.24) is 9.99 Å². The second kappa shape index (κ2) is 10.0. The highest BCUT2D eigenvalue weighted by Gasteiger charge is 2.08. The summed E-state index contributed by atoms with van der Waals surface area (Å²) in [5.41, 5.74) is 5.17. The van der Waals surface area contributed by atoms with Gasteiger partial charge in [0.25, 0.3) is 5.91 Å². The van der Waals surface area contributed by atoms with E-state index in [1.54, 1.807) is 18.2 Å². The minimum absolute atomic E-state index is 0. The number of nitrogens with one attached hydrogen (secondary N) is 1. The van der Waals surface area contributed by atoms with Gasteiger partial charge in [0.05, 0.1) is 5.69 Å². The zero-order valence-electron chi connectivity index (χ0n) is 14.0. The average molecular weight is 529 g/mol. The van der Waals surface area contributed by atoms with Crippen molar-refractivity contribution in [3.8, 4) is 11.3 Å². The van der Waals surface area contributed by atoms with Gasteiger partial charge in [-0.1, -0.05) is 45.7 Å². The smallest absolute Gasteiger partial charge is 0.271 e. The largest absolute Gasteiger partial charge is 1.00 e. The van der Waals surface area contributed by atoms with Crippen LogP contribution in [0.2, 0.25) is 5.02 Å². The second-order valence-corrected chi connectivity index (χ2v) is 7.56. The minimum atomic E-state index is -0.260. The van der Waals surface area contributed by atoms with Crippen LogP contribution in [0.25, 0.3) is 11.3 Å². The standard InChI is InChI=1S/C19H15BrClN3OS.BrH/c1-2-11-24-17(13-5-9-16(21)10-6-13)12-26-19(24)23-22-18(25)14-3-7-15(20)8-4-14;/h2-10,12H,1,11H2,(H,22,25);1H/p-1/b23-19-;. The van der Waals surface area contributed by atoms with E-state index in [4.69, 9.17) is 11.6 Å². The Kier molecular flexibility index (Phi) is 8.04. The van der Waals surface area contributed by atoms with Crippen LogP contribution in [-0.4, -0.2) is 10.5 Å². The SMILES string of the molecule is C=CCn1c(-c2ccc(Cl)cc2)cs/c1=N\NC(=O)c1ccc(Br)cc1.[Br-]. The van der Waals surface area contributed by atoms with Crippen molar-refractivity contribution in [3.05, 3.63) is 86.4 Å². The normalized spacial score (nSPS) is 11.0. The zero-order chi connectivity index (χ0) is 18.5. The lowest BCUT2D eigenvalue weighted by Crippen LogP contribution is -3.00. The van der Waals surface area contributed by atoms with E-state index in [1.165, 1.54) is 11.3 Å².